The fourth-order valence-electron chi connectivity index (χ4n) is 4.91. The number of aliphatic hydroxyl groups excluding tert-OH is 1. The first kappa shape index (κ1) is 30.4. The molecule has 4 rings (SSSR count). The first-order valence-corrected chi connectivity index (χ1v) is 16.6. The van der Waals surface area contributed by atoms with Crippen LogP contribution in [0, 0.1) is 0 Å². The van der Waals surface area contributed by atoms with Crippen LogP contribution in [0.1, 0.15) is 53.1 Å². The van der Waals surface area contributed by atoms with Crippen LogP contribution < -0.4 is 20.3 Å². The lowest BCUT2D eigenvalue weighted by atomic mass is 10.00. The first-order chi connectivity index (χ1) is 19.3. The van der Waals surface area contributed by atoms with Gasteiger partial charge in [-0.2, -0.15) is 0 Å². The van der Waals surface area contributed by atoms with E-state index in [0.29, 0.717) is 49.6 Å². The Balaban J connectivity index is 1.52. The van der Waals surface area contributed by atoms with E-state index in [2.05, 4.69) is 34.3 Å². The van der Waals surface area contributed by atoms with E-state index in [-0.39, 0.29) is 5.91 Å². The second-order valence-electron chi connectivity index (χ2n) is 10.2. The van der Waals surface area contributed by atoms with Gasteiger partial charge in [0.05, 0.1) is 23.6 Å². The molecule has 1 saturated heterocycles. The van der Waals surface area contributed by atoms with Crippen molar-refractivity contribution < 1.29 is 19.0 Å². The van der Waals surface area contributed by atoms with E-state index in [9.17, 15) is 19.0 Å². The van der Waals surface area contributed by atoms with E-state index in [1.807, 2.05) is 43.3 Å². The maximum atomic E-state index is 13.6. The van der Waals surface area contributed by atoms with Gasteiger partial charge in [-0.15, -0.1) is 22.1 Å². The van der Waals surface area contributed by atoms with Gasteiger partial charge >= 0.3 is 0 Å². The molecule has 1 aliphatic heterocycles. The van der Waals surface area contributed by atoms with Crippen LogP contribution in [0.5, 0.6) is 0 Å². The minimum atomic E-state index is -2.94. The zero-order valence-corrected chi connectivity index (χ0v) is 24.9. The highest BCUT2D eigenvalue weighted by Crippen LogP contribution is 2.50. The number of hydrogen-bond acceptors (Lipinski definition) is 8. The number of thiophene rings is 1. The molecule has 3 aromatic rings. The van der Waals surface area contributed by atoms with Crippen LogP contribution in [0.25, 0.3) is 0 Å². The summed E-state index contributed by atoms with van der Waals surface area (Å²) >= 11 is 1.74. The number of nitrogens with one attached hydrogen (secondary N) is 3. The number of rotatable bonds is 13. The zero-order valence-electron chi connectivity index (χ0n) is 23.3. The first-order valence-electron chi connectivity index (χ1n) is 14.0. The van der Waals surface area contributed by atoms with Gasteiger partial charge in [-0.3, -0.25) is 18.2 Å². The van der Waals surface area contributed by atoms with Gasteiger partial charge in [-0.1, -0.05) is 37.3 Å². The van der Waals surface area contributed by atoms with Crippen LogP contribution >= 0.6 is 22.1 Å². The Morgan fingerprint density at radius 3 is 2.58 bits per heavy atom. The Morgan fingerprint density at radius 1 is 1.07 bits per heavy atom. The molecule has 0 radical (unpaired) electrons. The van der Waals surface area contributed by atoms with Crippen molar-refractivity contribution in [3.8, 4) is 0 Å². The maximum absolute atomic E-state index is 13.6. The van der Waals surface area contributed by atoms with E-state index < -0.39 is 22.9 Å². The highest BCUT2D eigenvalue weighted by atomic mass is 32.3. The van der Waals surface area contributed by atoms with Crippen LogP contribution in [0.15, 0.2) is 60.0 Å². The average Bonchev–Trinajstić information content (AvgIpc) is 3.41. The number of aliphatic hydroxyl groups is 1. The molecule has 1 aliphatic rings. The summed E-state index contributed by atoms with van der Waals surface area (Å²) in [6.45, 7) is 6.26. The normalized spacial score (nSPS) is 17.2. The molecule has 1 fully saturated rings. The molecule has 0 saturated carbocycles. The van der Waals surface area contributed by atoms with Gasteiger partial charge in [0, 0.05) is 42.3 Å². The summed E-state index contributed by atoms with van der Waals surface area (Å²) in [5.41, 5.74) is 3.94. The van der Waals surface area contributed by atoms with Crippen LogP contribution in [0.2, 0.25) is 0 Å². The van der Waals surface area contributed by atoms with Crippen molar-refractivity contribution in [2.45, 2.75) is 58.2 Å². The number of nitrogens with zero attached hydrogens (tertiary/aromatic N) is 1. The van der Waals surface area contributed by atoms with Crippen molar-refractivity contribution in [2.24, 2.45) is 0 Å². The predicted molar refractivity (Wildman–Crippen MR) is 168 cm³/mol. The Labute approximate surface area is 243 Å². The number of anilines is 2. The van der Waals surface area contributed by atoms with Gasteiger partial charge in [0.25, 0.3) is 5.91 Å². The molecule has 10 heteroatoms. The molecule has 0 spiro atoms. The molecular formula is C30H42N4O4S2. The number of aryl methyl sites for hydroxylation is 1. The number of amides is 1. The van der Waals surface area contributed by atoms with Gasteiger partial charge in [0.2, 0.25) is 0 Å². The molecule has 1 amide bonds. The Bertz CT molecular complexity index is 1240. The van der Waals surface area contributed by atoms with Crippen molar-refractivity contribution in [1.29, 1.82) is 0 Å². The minimum absolute atomic E-state index is 0.320. The van der Waals surface area contributed by atoms with Gasteiger partial charge in [0.1, 0.15) is 0 Å². The summed E-state index contributed by atoms with van der Waals surface area (Å²) in [6, 6.07) is 16.8. The quantitative estimate of drug-likeness (QED) is 0.157. The molecule has 218 valence electrons. The van der Waals surface area contributed by atoms with E-state index in [1.54, 1.807) is 27.8 Å². The summed E-state index contributed by atoms with van der Waals surface area (Å²) in [5, 5.41) is 23.0. The van der Waals surface area contributed by atoms with Crippen molar-refractivity contribution in [3.63, 3.8) is 0 Å². The third-order valence-electron chi connectivity index (χ3n) is 7.05. The number of carbonyl (C=O) groups excluding carboxylic acids is 1. The highest BCUT2D eigenvalue weighted by molar-refractivity contribution is 8.25. The van der Waals surface area contributed by atoms with Crippen molar-refractivity contribution in [2.75, 3.05) is 35.0 Å². The predicted octanol–water partition coefficient (Wildman–Crippen LogP) is 5.50. The molecule has 2 atom stereocenters. The highest BCUT2D eigenvalue weighted by Gasteiger charge is 2.28. The van der Waals surface area contributed by atoms with Crippen molar-refractivity contribution in [1.82, 2.24) is 10.6 Å². The van der Waals surface area contributed by atoms with E-state index in [0.717, 1.165) is 30.5 Å². The lowest BCUT2D eigenvalue weighted by Crippen LogP contribution is -2.48. The molecule has 2 heterocycles. The average molecular weight is 587 g/mol. The fraction of sp³-hybridized carbons (Fsp3) is 0.433. The Hall–Kier alpha value is -2.60. The van der Waals surface area contributed by atoms with E-state index >= 15 is 0 Å². The van der Waals surface area contributed by atoms with Gasteiger partial charge in [0.15, 0.2) is 0 Å². The van der Waals surface area contributed by atoms with Crippen LogP contribution in [-0.4, -0.2) is 57.7 Å². The standard InChI is InChI=1S/C30H42N4O4S2/c1-3-27-14-23(21-39-27)19-31-20-29(35)28(15-22-10-6-5-7-11-22)33-30(36)24-16-25(32-4-2)18-26(17-24)34-12-8-9-13-40(34,37)38/h5-7,10-11,14,16-18,21,28-29,31-32,35,37-38H,3-4,8-9,12-13,15,19-20H2,1-2H3,(H,33,36)/t28-,29+/m0/s1. The number of carbonyl (C=O) groups is 1. The van der Waals surface area contributed by atoms with Gasteiger partial charge in [-0.25, -0.2) is 0 Å². The molecule has 0 aliphatic carbocycles. The van der Waals surface area contributed by atoms with E-state index in [4.69, 9.17) is 0 Å². The third kappa shape index (κ3) is 8.22. The van der Waals surface area contributed by atoms with Crippen molar-refractivity contribution in [3.05, 3.63) is 81.5 Å². The number of benzene rings is 2. The third-order valence-corrected chi connectivity index (χ3v) is 10.1. The second kappa shape index (κ2) is 14.3. The zero-order chi connectivity index (χ0) is 28.5. The lowest BCUT2D eigenvalue weighted by Gasteiger charge is -2.47. The summed E-state index contributed by atoms with van der Waals surface area (Å²) in [6.07, 6.45) is 2.27. The molecular weight excluding hydrogens is 544 g/mol. The van der Waals surface area contributed by atoms with Gasteiger partial charge in [-0.05, 0) is 73.4 Å². The monoisotopic (exact) mass is 586 g/mol. The summed E-state index contributed by atoms with van der Waals surface area (Å²) in [7, 11) is -2.94. The van der Waals surface area contributed by atoms with Crippen LogP contribution in [-0.2, 0) is 19.4 Å². The fourth-order valence-corrected chi connectivity index (χ4v) is 7.43. The van der Waals surface area contributed by atoms with Crippen LogP contribution in [0.4, 0.5) is 11.4 Å². The molecule has 8 nitrogen and oxygen atoms in total. The topological polar surface area (TPSA) is 117 Å². The lowest BCUT2D eigenvalue weighted by molar-refractivity contribution is 0.0830. The number of hydrogen-bond donors (Lipinski definition) is 6. The molecule has 0 unspecified atom stereocenters. The smallest absolute Gasteiger partial charge is 0.251 e. The molecule has 6 N–H and O–H groups in total. The molecule has 2 aromatic carbocycles. The minimum Gasteiger partial charge on any atom is -0.390 e. The van der Waals surface area contributed by atoms with E-state index in [1.165, 1.54) is 10.4 Å². The molecule has 0 bridgehead atoms. The summed E-state index contributed by atoms with van der Waals surface area (Å²) in [5.74, 6) is 0.00332. The maximum Gasteiger partial charge on any atom is 0.251 e. The summed E-state index contributed by atoms with van der Waals surface area (Å²) in [4.78, 5) is 15.0. The summed E-state index contributed by atoms with van der Waals surface area (Å²) < 4.78 is 23.0. The largest absolute Gasteiger partial charge is 0.390 e. The Morgan fingerprint density at radius 2 is 1.88 bits per heavy atom. The second-order valence-corrected chi connectivity index (χ2v) is 13.3. The van der Waals surface area contributed by atoms with Crippen molar-refractivity contribution >= 4 is 39.4 Å². The van der Waals surface area contributed by atoms with Gasteiger partial charge < -0.3 is 21.1 Å². The van der Waals surface area contributed by atoms with Crippen LogP contribution in [0.3, 0.4) is 0 Å². The SMILES string of the molecule is CCNc1cc(C(=O)N[C@@H](Cc2ccccc2)[C@H](O)CNCc2csc(CC)c2)cc(N2CCCCS2(O)O)c1. The molecule has 1 aromatic heterocycles. The Kier molecular flexibility index (Phi) is 10.9. The molecule has 40 heavy (non-hydrogen) atoms.